The van der Waals surface area contributed by atoms with Crippen LogP contribution in [-0.2, 0) is 9.53 Å². The maximum absolute atomic E-state index is 11.6. The second kappa shape index (κ2) is 6.73. The van der Waals surface area contributed by atoms with E-state index < -0.39 is 0 Å². The molecule has 4 rings (SSSR count). The molecule has 0 bridgehead atoms. The molecule has 4 heterocycles. The number of carbonyl (C=O) groups excluding carboxylic acids is 1. The van der Waals surface area contributed by atoms with Crippen LogP contribution in [0.3, 0.4) is 0 Å². The molecule has 0 radical (unpaired) electrons. The van der Waals surface area contributed by atoms with Gasteiger partial charge in [0.05, 0.1) is 12.5 Å². The average Bonchev–Trinajstić information content (AvgIpc) is 3.31. The fraction of sp³-hybridized carbons (Fsp3) is 0.294. The van der Waals surface area contributed by atoms with Crippen LogP contribution in [0.1, 0.15) is 6.42 Å². The minimum atomic E-state index is -0.343. The number of nitrogens with zero attached hydrogens (tertiary/aromatic N) is 3. The Morgan fingerprint density at radius 3 is 3.04 bits per heavy atom. The van der Waals surface area contributed by atoms with Crippen molar-refractivity contribution in [3.8, 4) is 17.4 Å². The number of hydrogen-bond acceptors (Lipinski definition) is 8. The van der Waals surface area contributed by atoms with Crippen LogP contribution in [0, 0.1) is 0 Å². The van der Waals surface area contributed by atoms with Crippen molar-refractivity contribution in [3.05, 3.63) is 35.8 Å². The van der Waals surface area contributed by atoms with Crippen LogP contribution in [0.15, 0.2) is 35.8 Å². The van der Waals surface area contributed by atoms with Gasteiger partial charge in [-0.2, -0.15) is 4.98 Å². The zero-order valence-corrected chi connectivity index (χ0v) is 14.3. The molecule has 25 heavy (non-hydrogen) atoms. The van der Waals surface area contributed by atoms with E-state index >= 15 is 0 Å². The van der Waals surface area contributed by atoms with E-state index in [0.29, 0.717) is 30.4 Å². The Hall–Kier alpha value is -2.58. The first kappa shape index (κ1) is 15.9. The molecule has 7 nitrogen and oxygen atoms in total. The summed E-state index contributed by atoms with van der Waals surface area (Å²) in [4.78, 5) is 25.9. The summed E-state index contributed by atoms with van der Waals surface area (Å²) in [5, 5.41) is 5.94. The predicted octanol–water partition coefficient (Wildman–Crippen LogP) is 2.04. The van der Waals surface area contributed by atoms with Crippen LogP contribution in [0.4, 0.5) is 0 Å². The molecular formula is C17H16N4O3S. The fourth-order valence-electron chi connectivity index (χ4n) is 2.80. The molecule has 8 heteroatoms. The van der Waals surface area contributed by atoms with Gasteiger partial charge in [-0.25, -0.2) is 4.98 Å². The Balaban J connectivity index is 1.63. The summed E-state index contributed by atoms with van der Waals surface area (Å²) >= 11 is 1.53. The number of nitrogens with one attached hydrogen (secondary N) is 1. The van der Waals surface area contributed by atoms with E-state index in [0.717, 1.165) is 10.2 Å². The van der Waals surface area contributed by atoms with Crippen molar-refractivity contribution >= 4 is 27.5 Å². The van der Waals surface area contributed by atoms with E-state index in [2.05, 4.69) is 20.3 Å². The van der Waals surface area contributed by atoms with Crippen molar-refractivity contribution in [3.63, 3.8) is 0 Å². The lowest BCUT2D eigenvalue weighted by molar-refractivity contribution is -0.142. The number of methoxy groups -OCH3 is 1. The highest BCUT2D eigenvalue weighted by Gasteiger charge is 2.32. The molecule has 3 aromatic heterocycles. The molecule has 0 spiro atoms. The molecule has 1 aliphatic rings. The maximum Gasteiger partial charge on any atom is 0.323 e. The van der Waals surface area contributed by atoms with Crippen LogP contribution in [0.25, 0.3) is 21.7 Å². The molecule has 1 unspecified atom stereocenters. The summed E-state index contributed by atoms with van der Waals surface area (Å²) in [6, 6.07) is 7.21. The largest absolute Gasteiger partial charge is 0.472 e. The van der Waals surface area contributed by atoms with Crippen molar-refractivity contribution in [2.75, 3.05) is 13.7 Å². The summed E-state index contributed by atoms with van der Waals surface area (Å²) in [7, 11) is 1.39. The Labute approximate surface area is 148 Å². The van der Waals surface area contributed by atoms with E-state index in [1.54, 1.807) is 6.20 Å². The molecule has 0 saturated carbocycles. The van der Waals surface area contributed by atoms with Gasteiger partial charge < -0.3 is 14.8 Å². The van der Waals surface area contributed by atoms with Crippen LogP contribution in [0.2, 0.25) is 0 Å². The first-order valence-electron chi connectivity index (χ1n) is 7.89. The second-order valence-corrected chi connectivity index (χ2v) is 6.56. The number of ether oxygens (including phenoxy) is 2. The SMILES string of the molecule is COC(=O)C1C[C@@H](Oc2nc(-c3ccccn3)nc3sccc23)CN1. The van der Waals surface area contributed by atoms with Crippen LogP contribution in [0.5, 0.6) is 5.88 Å². The lowest BCUT2D eigenvalue weighted by atomic mass is 10.2. The van der Waals surface area contributed by atoms with Gasteiger partial charge in [0.1, 0.15) is 22.7 Å². The Bertz CT molecular complexity index is 899. The zero-order valence-electron chi connectivity index (χ0n) is 13.5. The smallest absolute Gasteiger partial charge is 0.323 e. The number of carbonyl (C=O) groups is 1. The second-order valence-electron chi connectivity index (χ2n) is 5.67. The van der Waals surface area contributed by atoms with Gasteiger partial charge in [-0.05, 0) is 23.6 Å². The molecule has 1 saturated heterocycles. The molecule has 0 aromatic carbocycles. The number of thiophene rings is 1. The molecule has 2 atom stereocenters. The van der Waals surface area contributed by atoms with Crippen LogP contribution >= 0.6 is 11.3 Å². The summed E-state index contributed by atoms with van der Waals surface area (Å²) in [6.45, 7) is 0.564. The highest BCUT2D eigenvalue weighted by Crippen LogP contribution is 2.30. The molecule has 0 amide bonds. The quantitative estimate of drug-likeness (QED) is 0.716. The number of aromatic nitrogens is 3. The van der Waals surface area contributed by atoms with Gasteiger partial charge in [0.2, 0.25) is 5.88 Å². The highest BCUT2D eigenvalue weighted by atomic mass is 32.1. The number of fused-ring (bicyclic) bond motifs is 1. The molecular weight excluding hydrogens is 340 g/mol. The van der Waals surface area contributed by atoms with Gasteiger partial charge in [0.25, 0.3) is 0 Å². The Morgan fingerprint density at radius 2 is 2.24 bits per heavy atom. The van der Waals surface area contributed by atoms with E-state index in [4.69, 9.17) is 9.47 Å². The fourth-order valence-corrected chi connectivity index (χ4v) is 3.55. The molecule has 1 fully saturated rings. The number of hydrogen-bond donors (Lipinski definition) is 1. The van der Waals surface area contributed by atoms with Crippen LogP contribution < -0.4 is 10.1 Å². The number of rotatable bonds is 4. The monoisotopic (exact) mass is 356 g/mol. The third-order valence-electron chi connectivity index (χ3n) is 4.04. The first-order chi connectivity index (χ1) is 12.2. The molecule has 0 aliphatic carbocycles. The summed E-state index contributed by atoms with van der Waals surface area (Å²) in [5.41, 5.74) is 0.694. The highest BCUT2D eigenvalue weighted by molar-refractivity contribution is 7.16. The number of esters is 1. The minimum absolute atomic E-state index is 0.154. The van der Waals surface area contributed by atoms with Crippen molar-refractivity contribution < 1.29 is 14.3 Å². The molecule has 128 valence electrons. The Morgan fingerprint density at radius 1 is 1.32 bits per heavy atom. The van der Waals surface area contributed by atoms with Crippen molar-refractivity contribution in [1.82, 2.24) is 20.3 Å². The van der Waals surface area contributed by atoms with Crippen molar-refractivity contribution in [2.24, 2.45) is 0 Å². The van der Waals surface area contributed by atoms with E-state index in [1.165, 1.54) is 18.4 Å². The van der Waals surface area contributed by atoms with Gasteiger partial charge in [-0.1, -0.05) is 6.07 Å². The topological polar surface area (TPSA) is 86.2 Å². The third-order valence-corrected chi connectivity index (χ3v) is 4.85. The lowest BCUT2D eigenvalue weighted by Gasteiger charge is -2.13. The first-order valence-corrected chi connectivity index (χ1v) is 8.77. The van der Waals surface area contributed by atoms with E-state index in [-0.39, 0.29) is 18.1 Å². The lowest BCUT2D eigenvalue weighted by Crippen LogP contribution is -2.31. The minimum Gasteiger partial charge on any atom is -0.472 e. The predicted molar refractivity (Wildman–Crippen MR) is 93.5 cm³/mol. The van der Waals surface area contributed by atoms with Gasteiger partial charge in [-0.15, -0.1) is 11.3 Å². The number of pyridine rings is 1. The summed E-state index contributed by atoms with van der Waals surface area (Å²) in [5.74, 6) is 0.772. The standard InChI is InChI=1S/C17H16N4O3S/c1-23-17(22)13-8-10(9-19-13)24-15-11-5-7-25-16(11)21-14(20-15)12-4-2-3-6-18-12/h2-7,10,13,19H,8-9H2,1H3/t10-,13?/m1/s1. The van der Waals surface area contributed by atoms with Crippen molar-refractivity contribution in [1.29, 1.82) is 0 Å². The van der Waals surface area contributed by atoms with Crippen molar-refractivity contribution in [2.45, 2.75) is 18.6 Å². The molecule has 3 aromatic rings. The summed E-state index contributed by atoms with van der Waals surface area (Å²) in [6.07, 6.45) is 2.10. The zero-order chi connectivity index (χ0) is 17.2. The maximum atomic E-state index is 11.6. The van der Waals surface area contributed by atoms with Gasteiger partial charge in [0, 0.05) is 19.2 Å². The van der Waals surface area contributed by atoms with E-state index in [1.807, 2.05) is 29.6 Å². The Kier molecular flexibility index (Phi) is 4.29. The average molecular weight is 356 g/mol. The normalized spacial score (nSPS) is 19.9. The molecule has 1 N–H and O–H groups in total. The molecule has 1 aliphatic heterocycles. The van der Waals surface area contributed by atoms with Crippen LogP contribution in [-0.4, -0.2) is 46.7 Å². The van der Waals surface area contributed by atoms with Gasteiger partial charge >= 0.3 is 5.97 Å². The van der Waals surface area contributed by atoms with Gasteiger partial charge in [0.15, 0.2) is 5.82 Å². The summed E-state index contributed by atoms with van der Waals surface area (Å²) < 4.78 is 10.9. The van der Waals surface area contributed by atoms with Gasteiger partial charge in [-0.3, -0.25) is 9.78 Å². The third kappa shape index (κ3) is 3.18. The van der Waals surface area contributed by atoms with E-state index in [9.17, 15) is 4.79 Å².